The number of likely N-dealkylation sites (N-methyl/N-ethyl adjacent to an activating group) is 1. The van der Waals surface area contributed by atoms with Crippen molar-refractivity contribution in [1.29, 1.82) is 0 Å². The van der Waals surface area contributed by atoms with Gasteiger partial charge in [0.25, 0.3) is 5.91 Å². The number of amides is 2. The Morgan fingerprint density at radius 1 is 1.36 bits per heavy atom. The predicted molar refractivity (Wildman–Crippen MR) is 96.8 cm³/mol. The standard InChI is InChI=1S/C16H20N2O5S2/c1-17-16(20)14-8-18(12-4-2-3-5-13(12)23-14)15(19)9-24-11-6-7-25(21,22)10-11/h2-5,11,14H,6-10H2,1H3,(H,17,20)/t11-,14+/m1/s1. The second kappa shape index (κ2) is 7.25. The Bertz CT molecular complexity index is 780. The Hall–Kier alpha value is -1.74. The molecule has 2 amide bonds. The van der Waals surface area contributed by atoms with E-state index >= 15 is 0 Å². The number of carbonyl (C=O) groups is 2. The van der Waals surface area contributed by atoms with Crippen molar-refractivity contribution in [2.24, 2.45) is 0 Å². The van der Waals surface area contributed by atoms with Crippen LogP contribution in [-0.2, 0) is 19.4 Å². The molecule has 1 N–H and O–H groups in total. The maximum atomic E-state index is 12.7. The fourth-order valence-electron chi connectivity index (χ4n) is 2.93. The number of nitrogens with zero attached hydrogens (tertiary/aromatic N) is 1. The molecule has 0 saturated carbocycles. The highest BCUT2D eigenvalue weighted by Gasteiger charge is 2.34. The van der Waals surface area contributed by atoms with Crippen molar-refractivity contribution in [2.75, 3.05) is 35.8 Å². The first-order valence-corrected chi connectivity index (χ1v) is 10.9. The molecule has 7 nitrogen and oxygen atoms in total. The number of thioether (sulfide) groups is 1. The van der Waals surface area contributed by atoms with Gasteiger partial charge in [-0.3, -0.25) is 9.59 Å². The number of rotatable bonds is 4. The number of anilines is 1. The zero-order valence-corrected chi connectivity index (χ0v) is 15.4. The van der Waals surface area contributed by atoms with E-state index in [2.05, 4.69) is 5.32 Å². The van der Waals surface area contributed by atoms with Gasteiger partial charge in [-0.15, -0.1) is 11.8 Å². The molecule has 0 bridgehead atoms. The molecule has 0 aromatic heterocycles. The molecule has 136 valence electrons. The van der Waals surface area contributed by atoms with Crippen LogP contribution in [0.2, 0.25) is 0 Å². The van der Waals surface area contributed by atoms with Crippen LogP contribution in [0.3, 0.4) is 0 Å². The summed E-state index contributed by atoms with van der Waals surface area (Å²) in [5.41, 5.74) is 0.632. The van der Waals surface area contributed by atoms with Gasteiger partial charge in [0.05, 0.1) is 29.5 Å². The number of nitrogens with one attached hydrogen (secondary N) is 1. The minimum absolute atomic E-state index is 0.0417. The van der Waals surface area contributed by atoms with Crippen LogP contribution in [-0.4, -0.2) is 62.4 Å². The minimum Gasteiger partial charge on any atom is -0.477 e. The van der Waals surface area contributed by atoms with E-state index in [0.717, 1.165) is 0 Å². The summed E-state index contributed by atoms with van der Waals surface area (Å²) in [7, 11) is -1.44. The first kappa shape index (κ1) is 18.1. The van der Waals surface area contributed by atoms with Crippen molar-refractivity contribution in [3.05, 3.63) is 24.3 Å². The van der Waals surface area contributed by atoms with E-state index in [1.165, 1.54) is 18.8 Å². The molecule has 2 aliphatic heterocycles. The highest BCUT2D eigenvalue weighted by molar-refractivity contribution is 8.02. The Balaban J connectivity index is 1.71. The zero-order chi connectivity index (χ0) is 18.0. The van der Waals surface area contributed by atoms with Crippen molar-refractivity contribution in [2.45, 2.75) is 17.8 Å². The van der Waals surface area contributed by atoms with Crippen LogP contribution < -0.4 is 15.0 Å². The fraction of sp³-hybridized carbons (Fsp3) is 0.500. The van der Waals surface area contributed by atoms with E-state index in [1.807, 2.05) is 0 Å². The first-order valence-electron chi connectivity index (χ1n) is 7.99. The lowest BCUT2D eigenvalue weighted by Crippen LogP contribution is -2.50. The highest BCUT2D eigenvalue weighted by atomic mass is 32.2. The van der Waals surface area contributed by atoms with Crippen LogP contribution in [0.15, 0.2) is 24.3 Å². The quantitative estimate of drug-likeness (QED) is 0.810. The van der Waals surface area contributed by atoms with Crippen LogP contribution in [0.25, 0.3) is 0 Å². The van der Waals surface area contributed by atoms with Crippen molar-refractivity contribution in [1.82, 2.24) is 5.32 Å². The molecule has 9 heteroatoms. The average Bonchev–Trinajstić information content (AvgIpc) is 2.96. The van der Waals surface area contributed by atoms with Crippen molar-refractivity contribution in [3.63, 3.8) is 0 Å². The van der Waals surface area contributed by atoms with E-state index < -0.39 is 15.9 Å². The molecular formula is C16H20N2O5S2. The molecule has 1 aromatic carbocycles. The van der Waals surface area contributed by atoms with Gasteiger partial charge in [-0.05, 0) is 18.6 Å². The number of para-hydroxylation sites is 2. The number of ether oxygens (including phenoxy) is 1. The van der Waals surface area contributed by atoms with Gasteiger partial charge in [0, 0.05) is 12.3 Å². The largest absolute Gasteiger partial charge is 0.477 e. The third-order valence-electron chi connectivity index (χ3n) is 4.25. The highest BCUT2D eigenvalue weighted by Crippen LogP contribution is 2.34. The third-order valence-corrected chi connectivity index (χ3v) is 7.51. The van der Waals surface area contributed by atoms with E-state index in [-0.39, 0.29) is 40.9 Å². The maximum Gasteiger partial charge on any atom is 0.262 e. The van der Waals surface area contributed by atoms with Crippen molar-refractivity contribution >= 4 is 39.1 Å². The number of benzene rings is 1. The Morgan fingerprint density at radius 2 is 2.12 bits per heavy atom. The molecule has 25 heavy (non-hydrogen) atoms. The molecule has 0 radical (unpaired) electrons. The number of fused-ring (bicyclic) bond motifs is 1. The monoisotopic (exact) mass is 384 g/mol. The lowest BCUT2D eigenvalue weighted by atomic mass is 10.2. The third kappa shape index (κ3) is 4.09. The molecule has 2 atom stereocenters. The topological polar surface area (TPSA) is 92.8 Å². The summed E-state index contributed by atoms with van der Waals surface area (Å²) in [5.74, 6) is 0.545. The van der Waals surface area contributed by atoms with Crippen LogP contribution in [0, 0.1) is 0 Å². The maximum absolute atomic E-state index is 12.7. The van der Waals surface area contributed by atoms with Crippen molar-refractivity contribution in [3.8, 4) is 5.75 Å². The molecule has 0 unspecified atom stereocenters. The molecule has 1 aromatic rings. The van der Waals surface area contributed by atoms with E-state index in [4.69, 9.17) is 4.74 Å². The number of hydrogen-bond acceptors (Lipinski definition) is 6. The fourth-order valence-corrected chi connectivity index (χ4v) is 6.45. The molecular weight excluding hydrogens is 364 g/mol. The molecule has 2 heterocycles. The minimum atomic E-state index is -2.96. The molecule has 1 saturated heterocycles. The Labute approximate surface area is 151 Å². The van der Waals surface area contributed by atoms with Gasteiger partial charge in [-0.2, -0.15) is 0 Å². The summed E-state index contributed by atoms with van der Waals surface area (Å²) in [5, 5.41) is 2.50. The summed E-state index contributed by atoms with van der Waals surface area (Å²) in [6.45, 7) is 0.138. The van der Waals surface area contributed by atoms with Gasteiger partial charge in [-0.25, -0.2) is 8.42 Å². The summed E-state index contributed by atoms with van der Waals surface area (Å²) < 4.78 is 28.7. The normalized spacial score (nSPS) is 24.3. The smallest absolute Gasteiger partial charge is 0.262 e. The zero-order valence-electron chi connectivity index (χ0n) is 13.8. The molecule has 0 spiro atoms. The van der Waals surface area contributed by atoms with Crippen LogP contribution in [0.1, 0.15) is 6.42 Å². The molecule has 1 fully saturated rings. The lowest BCUT2D eigenvalue weighted by molar-refractivity contribution is -0.127. The van der Waals surface area contributed by atoms with E-state index in [9.17, 15) is 18.0 Å². The lowest BCUT2D eigenvalue weighted by Gasteiger charge is -2.34. The Kier molecular flexibility index (Phi) is 5.24. The molecule has 0 aliphatic carbocycles. The summed E-state index contributed by atoms with van der Waals surface area (Å²) in [4.78, 5) is 26.2. The average molecular weight is 384 g/mol. The van der Waals surface area contributed by atoms with Crippen LogP contribution in [0.5, 0.6) is 5.75 Å². The van der Waals surface area contributed by atoms with Gasteiger partial charge in [0.1, 0.15) is 5.75 Å². The molecule has 2 aliphatic rings. The summed E-state index contributed by atoms with van der Waals surface area (Å²) in [6, 6.07) is 7.09. The van der Waals surface area contributed by atoms with Gasteiger partial charge in [0.15, 0.2) is 15.9 Å². The summed E-state index contributed by atoms with van der Waals surface area (Å²) >= 11 is 1.37. The predicted octanol–water partition coefficient (Wildman–Crippen LogP) is 0.447. The number of hydrogen-bond donors (Lipinski definition) is 1. The van der Waals surface area contributed by atoms with Gasteiger partial charge in [0.2, 0.25) is 5.91 Å². The number of sulfone groups is 1. The van der Waals surface area contributed by atoms with Gasteiger partial charge < -0.3 is 15.0 Å². The van der Waals surface area contributed by atoms with Gasteiger partial charge in [-0.1, -0.05) is 12.1 Å². The van der Waals surface area contributed by atoms with E-state index in [1.54, 1.807) is 29.2 Å². The van der Waals surface area contributed by atoms with Crippen LogP contribution >= 0.6 is 11.8 Å². The SMILES string of the molecule is CNC(=O)[C@@H]1CN(C(=O)CS[C@@H]2CCS(=O)(=O)C2)c2ccccc2O1. The van der Waals surface area contributed by atoms with E-state index in [0.29, 0.717) is 17.9 Å². The van der Waals surface area contributed by atoms with Crippen molar-refractivity contribution < 1.29 is 22.7 Å². The first-order chi connectivity index (χ1) is 11.9. The number of carbonyl (C=O) groups excluding carboxylic acids is 2. The second-order valence-electron chi connectivity index (χ2n) is 6.03. The summed E-state index contributed by atoms with van der Waals surface area (Å²) in [6.07, 6.45) is -0.179. The molecule has 3 rings (SSSR count). The Morgan fingerprint density at radius 3 is 2.80 bits per heavy atom. The van der Waals surface area contributed by atoms with Crippen LogP contribution in [0.4, 0.5) is 5.69 Å². The second-order valence-corrected chi connectivity index (χ2v) is 9.55. The van der Waals surface area contributed by atoms with Gasteiger partial charge >= 0.3 is 0 Å².